The highest BCUT2D eigenvalue weighted by Crippen LogP contribution is 2.36. The van der Waals surface area contributed by atoms with Crippen molar-refractivity contribution in [3.05, 3.63) is 90.6 Å². The Labute approximate surface area is 159 Å². The first-order valence-corrected chi connectivity index (χ1v) is 8.50. The van der Waals surface area contributed by atoms with Crippen LogP contribution in [0.4, 0.5) is 10.2 Å². The van der Waals surface area contributed by atoms with E-state index in [9.17, 15) is 4.39 Å². The van der Waals surface area contributed by atoms with Crippen molar-refractivity contribution in [1.82, 2.24) is 4.98 Å². The molecule has 27 heavy (non-hydrogen) atoms. The van der Waals surface area contributed by atoms with Crippen LogP contribution in [0.15, 0.2) is 85.0 Å². The molecule has 0 unspecified atom stereocenters. The number of para-hydroxylation sites is 1. The molecule has 140 valence electrons. The molecular formula is C22H24FN3O. The number of ether oxygens (including phenoxy) is 1. The van der Waals surface area contributed by atoms with Crippen molar-refractivity contribution in [2.45, 2.75) is 6.92 Å². The molecule has 5 N–H and O–H groups in total. The molecule has 0 bridgehead atoms. The molecule has 0 aliphatic rings. The van der Waals surface area contributed by atoms with E-state index in [1.807, 2.05) is 43.5 Å². The Morgan fingerprint density at radius 1 is 1.15 bits per heavy atom. The van der Waals surface area contributed by atoms with Gasteiger partial charge in [0.15, 0.2) is 5.95 Å². The minimum atomic E-state index is -0.787. The molecule has 4 nitrogen and oxygen atoms in total. The van der Waals surface area contributed by atoms with Crippen LogP contribution in [0.5, 0.6) is 5.75 Å². The molecule has 2 aromatic rings. The van der Waals surface area contributed by atoms with Crippen LogP contribution in [-0.2, 0) is 0 Å². The number of anilines is 1. The van der Waals surface area contributed by atoms with Crippen molar-refractivity contribution >= 4 is 11.9 Å². The second-order valence-corrected chi connectivity index (χ2v) is 5.64. The van der Waals surface area contributed by atoms with Gasteiger partial charge in [0.25, 0.3) is 0 Å². The van der Waals surface area contributed by atoms with Crippen LogP contribution in [0.2, 0.25) is 0 Å². The molecule has 0 saturated heterocycles. The van der Waals surface area contributed by atoms with Crippen LogP contribution in [0, 0.1) is 0 Å². The third-order valence-electron chi connectivity index (χ3n) is 3.92. The number of halogens is 1. The number of hydrogen-bond acceptors (Lipinski definition) is 3. The summed E-state index contributed by atoms with van der Waals surface area (Å²) in [6.07, 6.45) is 9.65. The lowest BCUT2D eigenvalue weighted by atomic mass is 9.98. The Bertz CT molecular complexity index is 915. The fraction of sp³-hybridized carbons (Fsp3) is 0.0909. The summed E-state index contributed by atoms with van der Waals surface area (Å²) in [5, 5.41) is 0. The molecule has 0 spiro atoms. The summed E-state index contributed by atoms with van der Waals surface area (Å²) in [6.45, 7) is 10.1. The normalized spacial score (nSPS) is 12.7. The van der Waals surface area contributed by atoms with E-state index < -0.39 is 5.95 Å². The molecule has 0 atom stereocenters. The number of aromatic nitrogens is 1. The lowest BCUT2D eigenvalue weighted by Gasteiger charge is -2.11. The van der Waals surface area contributed by atoms with Crippen molar-refractivity contribution in [2.24, 2.45) is 5.73 Å². The number of rotatable bonds is 8. The van der Waals surface area contributed by atoms with Gasteiger partial charge in [-0.15, -0.1) is 0 Å². The number of H-pyrrole nitrogens is 1. The summed E-state index contributed by atoms with van der Waals surface area (Å²) in [5.41, 5.74) is 15.2. The van der Waals surface area contributed by atoms with Crippen molar-refractivity contribution in [2.75, 3.05) is 12.3 Å². The Hall–Kier alpha value is -3.47. The fourth-order valence-electron chi connectivity index (χ4n) is 2.67. The molecule has 0 saturated carbocycles. The predicted molar refractivity (Wildman–Crippen MR) is 112 cm³/mol. The Kier molecular flexibility index (Phi) is 6.83. The quantitative estimate of drug-likeness (QED) is 0.449. The van der Waals surface area contributed by atoms with Crippen LogP contribution in [0.1, 0.15) is 12.5 Å². The van der Waals surface area contributed by atoms with Gasteiger partial charge in [0, 0.05) is 22.9 Å². The lowest BCUT2D eigenvalue weighted by Crippen LogP contribution is -1.95. The number of nitrogens with two attached hydrogens (primary N) is 2. The lowest BCUT2D eigenvalue weighted by molar-refractivity contribution is 0.341. The molecule has 1 heterocycles. The molecule has 5 heteroatoms. The standard InChI is InChI=1S/C22H24FN3O/c1-4-15(11-12-21(23)24)16(5-2)13-18-19(14-26-22(18)25)17-9-7-8-10-20(17)27-6-3/h4-5,7-14,26H,1-2,6,24-25H2,3H3/b15-11+,16-13+,21-12-. The third kappa shape index (κ3) is 4.79. The number of allylic oxidation sites excluding steroid dienone is 6. The third-order valence-corrected chi connectivity index (χ3v) is 3.92. The van der Waals surface area contributed by atoms with Gasteiger partial charge in [-0.25, -0.2) is 0 Å². The summed E-state index contributed by atoms with van der Waals surface area (Å²) in [7, 11) is 0. The SMILES string of the molecule is C=CC(=C\C=C(/N)F)/C(C=C)=C/c1c(-c2ccccc2OCC)c[nH]c1N. The van der Waals surface area contributed by atoms with Gasteiger partial charge in [-0.2, -0.15) is 4.39 Å². The highest BCUT2D eigenvalue weighted by atomic mass is 19.1. The second kappa shape index (κ2) is 9.29. The molecule has 1 aromatic heterocycles. The summed E-state index contributed by atoms with van der Waals surface area (Å²) in [5.74, 6) is 0.478. The minimum Gasteiger partial charge on any atom is -0.493 e. The minimum absolute atomic E-state index is 0.500. The van der Waals surface area contributed by atoms with Gasteiger partial charge in [0.2, 0.25) is 0 Å². The average Bonchev–Trinajstić information content (AvgIpc) is 3.02. The van der Waals surface area contributed by atoms with Gasteiger partial charge < -0.3 is 21.2 Å². The predicted octanol–water partition coefficient (Wildman–Crippen LogP) is 5.11. The monoisotopic (exact) mass is 365 g/mol. The number of aromatic amines is 1. The fourth-order valence-corrected chi connectivity index (χ4v) is 2.67. The van der Waals surface area contributed by atoms with E-state index >= 15 is 0 Å². The molecule has 2 rings (SSSR count). The van der Waals surface area contributed by atoms with Crippen LogP contribution in [0.3, 0.4) is 0 Å². The van der Waals surface area contributed by atoms with Crippen molar-refractivity contribution in [3.8, 4) is 16.9 Å². The zero-order chi connectivity index (χ0) is 19.8. The van der Waals surface area contributed by atoms with Crippen LogP contribution < -0.4 is 16.2 Å². The van der Waals surface area contributed by atoms with Gasteiger partial charge in [0.1, 0.15) is 11.6 Å². The maximum absolute atomic E-state index is 12.9. The highest BCUT2D eigenvalue weighted by molar-refractivity contribution is 5.86. The Morgan fingerprint density at radius 2 is 1.85 bits per heavy atom. The van der Waals surface area contributed by atoms with Gasteiger partial charge in [-0.1, -0.05) is 43.5 Å². The summed E-state index contributed by atoms with van der Waals surface area (Å²) in [6, 6.07) is 7.73. The summed E-state index contributed by atoms with van der Waals surface area (Å²) < 4.78 is 18.6. The number of nitrogens with one attached hydrogen (secondary N) is 1. The Balaban J connectivity index is 2.60. The molecule has 0 aliphatic heterocycles. The molecule has 1 aromatic carbocycles. The van der Waals surface area contributed by atoms with E-state index in [4.69, 9.17) is 16.2 Å². The molecule has 0 radical (unpaired) electrons. The maximum atomic E-state index is 12.9. The van der Waals surface area contributed by atoms with E-state index in [1.165, 1.54) is 12.2 Å². The first-order valence-electron chi connectivity index (χ1n) is 8.50. The summed E-state index contributed by atoms with van der Waals surface area (Å²) >= 11 is 0. The topological polar surface area (TPSA) is 77.1 Å². The zero-order valence-electron chi connectivity index (χ0n) is 15.3. The molecule has 0 fully saturated rings. The van der Waals surface area contributed by atoms with Gasteiger partial charge in [0.05, 0.1) is 6.61 Å². The largest absolute Gasteiger partial charge is 0.493 e. The molecule has 0 aliphatic carbocycles. The number of nitrogen functional groups attached to an aromatic ring is 1. The van der Waals surface area contributed by atoms with Crippen molar-refractivity contribution < 1.29 is 9.13 Å². The van der Waals surface area contributed by atoms with Crippen LogP contribution in [-0.4, -0.2) is 11.6 Å². The van der Waals surface area contributed by atoms with Crippen molar-refractivity contribution in [1.29, 1.82) is 0 Å². The average molecular weight is 365 g/mol. The van der Waals surface area contributed by atoms with Gasteiger partial charge in [-0.3, -0.25) is 0 Å². The van der Waals surface area contributed by atoms with Crippen molar-refractivity contribution in [3.63, 3.8) is 0 Å². The van der Waals surface area contributed by atoms with E-state index in [0.29, 0.717) is 18.0 Å². The Morgan fingerprint density at radius 3 is 2.48 bits per heavy atom. The molecule has 0 amide bonds. The van der Waals surface area contributed by atoms with E-state index in [0.717, 1.165) is 28.0 Å². The first-order chi connectivity index (χ1) is 13.0. The number of benzene rings is 1. The first kappa shape index (κ1) is 19.8. The van der Waals surface area contributed by atoms with E-state index in [2.05, 4.69) is 18.1 Å². The molecular weight excluding hydrogens is 341 g/mol. The number of hydrogen-bond donors (Lipinski definition) is 3. The summed E-state index contributed by atoms with van der Waals surface area (Å²) in [4.78, 5) is 3.05. The maximum Gasteiger partial charge on any atom is 0.184 e. The smallest absolute Gasteiger partial charge is 0.184 e. The van der Waals surface area contributed by atoms with Crippen LogP contribution in [0.25, 0.3) is 17.2 Å². The van der Waals surface area contributed by atoms with E-state index in [1.54, 1.807) is 12.2 Å². The second-order valence-electron chi connectivity index (χ2n) is 5.64. The van der Waals surface area contributed by atoms with E-state index in [-0.39, 0.29) is 0 Å². The van der Waals surface area contributed by atoms with Crippen LogP contribution >= 0.6 is 0 Å². The zero-order valence-corrected chi connectivity index (χ0v) is 15.3. The van der Waals surface area contributed by atoms with Gasteiger partial charge >= 0.3 is 0 Å². The van der Waals surface area contributed by atoms with Gasteiger partial charge in [-0.05, 0) is 42.4 Å². The highest BCUT2D eigenvalue weighted by Gasteiger charge is 2.14.